The molecule has 2 aromatic heterocycles. The second-order valence-corrected chi connectivity index (χ2v) is 33.3. The number of fused-ring (bicyclic) bond motifs is 3. The molecular weight excluding hydrogens is 1990 g/mol. The molecule has 0 saturated carbocycles. The van der Waals surface area contributed by atoms with Crippen molar-refractivity contribution in [2.75, 3.05) is 47.4 Å². The van der Waals surface area contributed by atoms with Crippen molar-refractivity contribution in [3.63, 3.8) is 0 Å². The van der Waals surface area contributed by atoms with E-state index in [1.54, 1.807) is 31.2 Å². The zero-order valence-corrected chi connectivity index (χ0v) is 81.0. The third-order valence-electron chi connectivity index (χ3n) is 19.2. The fraction of sp³-hybridized carbons (Fsp3) is 0.0833. The number of carbonyl (C=O) groups is 13. The van der Waals surface area contributed by atoms with E-state index in [9.17, 15) is 67.6 Å². The third kappa shape index (κ3) is 30.6. The van der Waals surface area contributed by atoms with E-state index in [0.29, 0.717) is 80.3 Å². The Bertz CT molecular complexity index is 7040. The predicted octanol–water partition coefficient (Wildman–Crippen LogP) is 19.9. The number of hydrogen-bond acceptors (Lipinski definition) is 39. The Morgan fingerprint density at radius 1 is 0.345 bits per heavy atom. The van der Waals surface area contributed by atoms with Crippen molar-refractivity contribution in [1.29, 1.82) is 5.26 Å². The van der Waals surface area contributed by atoms with E-state index in [4.69, 9.17) is 107 Å². The van der Waals surface area contributed by atoms with Crippen LogP contribution in [0.5, 0.6) is 69.0 Å². The van der Waals surface area contributed by atoms with E-state index in [2.05, 4.69) is 50.4 Å². The van der Waals surface area contributed by atoms with Crippen molar-refractivity contribution >= 4 is 156 Å². The number of aromatic nitrogens is 2. The highest BCUT2D eigenvalue weighted by Gasteiger charge is 2.34. The van der Waals surface area contributed by atoms with Crippen LogP contribution < -0.4 is 56.8 Å². The normalized spacial score (nSPS) is 10.7. The fourth-order valence-corrected chi connectivity index (χ4v) is 16.4. The lowest BCUT2D eigenvalue weighted by molar-refractivity contribution is -0.145. The van der Waals surface area contributed by atoms with Crippen LogP contribution in [0.3, 0.4) is 0 Å². The van der Waals surface area contributed by atoms with Gasteiger partial charge in [0.15, 0.2) is 23.0 Å². The predicted molar refractivity (Wildman–Crippen MR) is 537 cm³/mol. The standard InChI is InChI=1S/C38H29NO10S.C36H24N2O10S.C34H25NO12S2/c1-4-33(40)46-22-44-28-15-11-26(12-16-28)37(42)48-30-19-20-31(36-35(30)39-32(50-36)21-10-25-8-6-24(3)7-9-25)49-38(43)27-13-17-29(18-14-27)45-23-47-34(41)5-2;1-3-30(39)45-20-43-26-13-9-24(10-14-26)35(41)47-28-17-18-29(33-32(28)38-34(49-33)23-7-5-22(19-37)6-8-23)48-36(42)25-11-15-27(16-12-25)44-21-46-31(40)4-2;1-5-26(36)44-18-42-22-12-8-20(9-13-22)31(38)46-24-16-17-25(30-29(24)48-34(49-30)28(35-4)33(40)41-7-3)47-32(39)21-10-14-23(15-11-21)43-19-45-27(37)6-2/h4-21H,1-2,22-23H2,3H3;3-18H,1-2,20-21H2;5-6,8-17H,1-2,7,18-19H2,3H3/b21-10+;;. The topological polar surface area (TPSA) is 451 Å². The van der Waals surface area contributed by atoms with Gasteiger partial charge in [-0.15, -0.1) is 22.7 Å². The summed E-state index contributed by atoms with van der Waals surface area (Å²) in [5, 5.41) is 10.3. The third-order valence-corrected chi connectivity index (χ3v) is 24.0. The molecule has 36 nitrogen and oxygen atoms in total. The summed E-state index contributed by atoms with van der Waals surface area (Å²) in [5.74, 6) is -5.90. The van der Waals surface area contributed by atoms with Gasteiger partial charge in [-0.05, 0) is 220 Å². The van der Waals surface area contributed by atoms with Gasteiger partial charge in [0.05, 0.1) is 72.2 Å². The molecule has 0 amide bonds. The second kappa shape index (κ2) is 53.5. The number of carbonyl (C=O) groups excluding carboxylic acids is 13. The molecule has 746 valence electrons. The van der Waals surface area contributed by atoms with Gasteiger partial charge in [0.25, 0.3) is 5.70 Å². The summed E-state index contributed by atoms with van der Waals surface area (Å²) in [4.78, 5) is 172. The largest absolute Gasteiger partial charge is 0.471 e. The van der Waals surface area contributed by atoms with Crippen LogP contribution in [0.15, 0.2) is 326 Å². The van der Waals surface area contributed by atoms with Crippen molar-refractivity contribution in [3.8, 4) is 85.6 Å². The van der Waals surface area contributed by atoms with Crippen molar-refractivity contribution in [2.45, 2.75) is 23.6 Å². The first kappa shape index (κ1) is 108. The number of aryl methyl sites for hydroxylation is 1. The summed E-state index contributed by atoms with van der Waals surface area (Å²) in [6.45, 7) is 29.1. The van der Waals surface area contributed by atoms with E-state index in [1.165, 1.54) is 205 Å². The Kier molecular flexibility index (Phi) is 38.9. The Morgan fingerprint density at radius 3 is 0.926 bits per heavy atom. The highest BCUT2D eigenvalue weighted by molar-refractivity contribution is 8.24. The van der Waals surface area contributed by atoms with E-state index in [1.807, 2.05) is 43.3 Å². The van der Waals surface area contributed by atoms with Crippen molar-refractivity contribution in [2.24, 2.45) is 0 Å². The summed E-state index contributed by atoms with van der Waals surface area (Å²) < 4.78 is 101. The number of rotatable bonds is 41. The van der Waals surface area contributed by atoms with Gasteiger partial charge in [-0.1, -0.05) is 111 Å². The highest BCUT2D eigenvalue weighted by Crippen LogP contribution is 2.59. The average Bonchev–Trinajstić information content (AvgIpc) is 1.63. The van der Waals surface area contributed by atoms with Crippen LogP contribution in [0.1, 0.15) is 90.8 Å². The molecule has 0 radical (unpaired) electrons. The minimum atomic E-state index is -0.833. The number of benzene rings is 11. The highest BCUT2D eigenvalue weighted by atomic mass is 32.2. The minimum Gasteiger partial charge on any atom is -0.471 e. The van der Waals surface area contributed by atoms with E-state index < -0.39 is 77.6 Å². The smallest absolute Gasteiger partial charge is 0.343 e. The van der Waals surface area contributed by atoms with Gasteiger partial charge in [0.1, 0.15) is 76.4 Å². The van der Waals surface area contributed by atoms with Crippen molar-refractivity contribution in [3.05, 3.63) is 383 Å². The van der Waals surface area contributed by atoms with Crippen LogP contribution in [0.4, 0.5) is 0 Å². The molecule has 0 atom stereocenters. The molecule has 3 heterocycles. The molecule has 0 spiro atoms. The maximum absolute atomic E-state index is 13.1. The maximum Gasteiger partial charge on any atom is 0.343 e. The summed E-state index contributed by atoms with van der Waals surface area (Å²) in [6.07, 6.45) is 9.78. The zero-order chi connectivity index (χ0) is 106. The molecule has 148 heavy (non-hydrogen) atoms. The molecule has 14 rings (SSSR count). The quantitative estimate of drug-likeness (QED) is 0.00857. The first-order valence-electron chi connectivity index (χ1n) is 43.1. The molecule has 0 fully saturated rings. The lowest BCUT2D eigenvalue weighted by Crippen LogP contribution is -2.11. The van der Waals surface area contributed by atoms with Gasteiger partial charge in [-0.2, -0.15) is 5.26 Å². The van der Waals surface area contributed by atoms with Crippen LogP contribution in [-0.2, 0) is 66.7 Å². The molecule has 40 heteroatoms. The summed E-state index contributed by atoms with van der Waals surface area (Å²) in [7, 11) is 0. The Labute approximate surface area is 858 Å². The fourth-order valence-electron chi connectivity index (χ4n) is 11.9. The number of nitriles is 1. The molecule has 0 bridgehead atoms. The number of ether oxygens (including phenoxy) is 19. The van der Waals surface area contributed by atoms with E-state index >= 15 is 0 Å². The van der Waals surface area contributed by atoms with Crippen LogP contribution in [0.25, 0.3) is 48.0 Å². The number of hydrogen-bond donors (Lipinski definition) is 0. The minimum absolute atomic E-state index is 0.0484. The Balaban J connectivity index is 0.000000197. The molecular formula is C108H78N4O32S4. The van der Waals surface area contributed by atoms with Gasteiger partial charge < -0.3 is 90.0 Å². The Hall–Kier alpha value is -19.3. The summed E-state index contributed by atoms with van der Waals surface area (Å²) in [5.41, 5.74) is 4.75. The first-order chi connectivity index (χ1) is 71.6. The lowest BCUT2D eigenvalue weighted by Gasteiger charge is -2.12. The number of nitrogens with zero attached hydrogens (tertiary/aromatic N) is 4. The molecule has 1 aliphatic heterocycles. The average molecular weight is 2070 g/mol. The number of esters is 13. The Morgan fingerprint density at radius 2 is 0.628 bits per heavy atom. The molecule has 0 saturated heterocycles. The van der Waals surface area contributed by atoms with Crippen molar-refractivity contribution in [1.82, 2.24) is 9.97 Å². The second-order valence-electron chi connectivity index (χ2n) is 28.9. The van der Waals surface area contributed by atoms with Crippen molar-refractivity contribution < 1.29 is 152 Å². The van der Waals surface area contributed by atoms with Gasteiger partial charge in [0.2, 0.25) is 40.8 Å². The summed E-state index contributed by atoms with van der Waals surface area (Å²) in [6, 6.07) is 61.5. The SMILES string of the molecule is C=CC(=O)OCOc1ccc(C(=O)Oc2ccc(OC(=O)c3ccc(OCOC(=O)C=C)cc3)c3sc(-c4ccc(C#N)cc4)nc23)cc1.C=CC(=O)OCOc1ccc(C(=O)Oc2ccc(OC(=O)c3ccc(OCOC(=O)C=C)cc3)c3sc(/C=C/c4ccc(C)cc4)nc23)cc1.[C-]#[N+]C(C(=O)OCC)=C1Sc2c(OC(=O)c3ccc(OCOC(=O)C=C)cc3)ccc(OC(=O)c3ccc(OCOC(=O)C=C)cc3)c2S1. The van der Waals surface area contributed by atoms with Crippen LogP contribution in [0.2, 0.25) is 0 Å². The van der Waals surface area contributed by atoms with Crippen LogP contribution in [0, 0.1) is 24.8 Å². The van der Waals surface area contributed by atoms with Gasteiger partial charge in [-0.3, -0.25) is 4.79 Å². The number of thiazole rings is 2. The van der Waals surface area contributed by atoms with E-state index in [-0.39, 0.29) is 131 Å². The van der Waals surface area contributed by atoms with Gasteiger partial charge in [0, 0.05) is 42.0 Å². The van der Waals surface area contributed by atoms with Gasteiger partial charge in [-0.25, -0.2) is 72.3 Å². The van der Waals surface area contributed by atoms with Crippen LogP contribution >= 0.6 is 46.2 Å². The summed E-state index contributed by atoms with van der Waals surface area (Å²) >= 11 is 4.43. The monoisotopic (exact) mass is 2070 g/mol. The lowest BCUT2D eigenvalue weighted by atomic mass is 10.1. The molecule has 1 aliphatic rings. The molecule has 11 aromatic carbocycles. The number of thioether (sulfide) groups is 2. The molecule has 13 aromatic rings. The first-order valence-corrected chi connectivity index (χ1v) is 46.3. The molecule has 0 N–H and O–H groups in total. The molecule has 0 aliphatic carbocycles. The molecule has 0 unspecified atom stereocenters. The van der Waals surface area contributed by atoms with Gasteiger partial charge >= 0.3 is 77.6 Å². The van der Waals surface area contributed by atoms with E-state index in [0.717, 1.165) is 71.1 Å². The maximum atomic E-state index is 13.1. The zero-order valence-electron chi connectivity index (χ0n) is 77.7. The van der Waals surface area contributed by atoms with Crippen LogP contribution in [-0.4, -0.2) is 135 Å².